The molecule has 1 spiro atoms. The van der Waals surface area contributed by atoms with Gasteiger partial charge >= 0.3 is 0 Å². The monoisotopic (exact) mass is 698 g/mol. The summed E-state index contributed by atoms with van der Waals surface area (Å²) in [7, 11) is 0. The largest absolute Gasteiger partial charge is 0.310 e. The quantitative estimate of drug-likeness (QED) is 0.178. The van der Waals surface area contributed by atoms with Gasteiger partial charge in [-0.3, -0.25) is 0 Å². The number of benzene rings is 9. The molecule has 0 atom stereocenters. The lowest BCUT2D eigenvalue weighted by Gasteiger charge is -2.33. The van der Waals surface area contributed by atoms with Crippen LogP contribution in [0.25, 0.3) is 60.5 Å². The molecule has 1 aromatic heterocycles. The van der Waals surface area contributed by atoms with Crippen LogP contribution in [0.3, 0.4) is 0 Å². The van der Waals surface area contributed by atoms with Crippen LogP contribution in [0.15, 0.2) is 206 Å². The summed E-state index contributed by atoms with van der Waals surface area (Å²) in [5, 5.41) is 5.05. The molecule has 2 aliphatic carbocycles. The van der Waals surface area contributed by atoms with Crippen LogP contribution in [0, 0.1) is 0 Å². The Labute approximate surface area is 319 Å². The number of fused-ring (bicyclic) bond motifs is 15. The van der Waals surface area contributed by atoms with Crippen LogP contribution in [0.4, 0.5) is 17.1 Å². The molecule has 2 aliphatic rings. The lowest BCUT2D eigenvalue weighted by atomic mass is 9.69. The Kier molecular flexibility index (Phi) is 6.29. The van der Waals surface area contributed by atoms with E-state index in [0.717, 1.165) is 22.7 Å². The van der Waals surface area contributed by atoms with Crippen LogP contribution < -0.4 is 4.90 Å². The third kappa shape index (κ3) is 4.08. The SMILES string of the molecule is c1ccc(N(c2ccc3c(c2)C2(c4ccccc4-c4ccccc42)c2c-3ccc3ccccc23)c2ccc3c(c2)c2ccccc2n3-c2ccccc2)cc1. The molecule has 0 amide bonds. The van der Waals surface area contributed by atoms with E-state index in [1.54, 1.807) is 0 Å². The maximum atomic E-state index is 2.49. The van der Waals surface area contributed by atoms with Gasteiger partial charge in [0.05, 0.1) is 16.4 Å². The number of aromatic nitrogens is 1. The molecule has 0 aliphatic heterocycles. The minimum absolute atomic E-state index is 0.468. The second-order valence-electron chi connectivity index (χ2n) is 14.8. The molecule has 256 valence electrons. The van der Waals surface area contributed by atoms with Gasteiger partial charge in [0, 0.05) is 33.5 Å². The van der Waals surface area contributed by atoms with Gasteiger partial charge < -0.3 is 9.47 Å². The Balaban J connectivity index is 1.14. The molecule has 9 aromatic carbocycles. The summed E-state index contributed by atoms with van der Waals surface area (Å²) >= 11 is 0. The fraction of sp³-hybridized carbons (Fsp3) is 0.0189. The average molecular weight is 699 g/mol. The lowest BCUT2D eigenvalue weighted by Crippen LogP contribution is -2.26. The van der Waals surface area contributed by atoms with E-state index < -0.39 is 5.41 Å². The first kappa shape index (κ1) is 30.3. The van der Waals surface area contributed by atoms with E-state index in [1.807, 2.05) is 0 Å². The Bertz CT molecular complexity index is 3110. The minimum atomic E-state index is -0.468. The van der Waals surface area contributed by atoms with E-state index in [2.05, 4.69) is 216 Å². The Morgan fingerprint density at radius 3 is 1.69 bits per heavy atom. The normalized spacial score (nSPS) is 13.2. The lowest BCUT2D eigenvalue weighted by molar-refractivity contribution is 0.801. The highest BCUT2D eigenvalue weighted by Crippen LogP contribution is 2.64. The maximum Gasteiger partial charge on any atom is 0.0732 e. The van der Waals surface area contributed by atoms with Gasteiger partial charge in [0.2, 0.25) is 0 Å². The highest BCUT2D eigenvalue weighted by atomic mass is 15.1. The average Bonchev–Trinajstić information content (AvgIpc) is 3.86. The van der Waals surface area contributed by atoms with Crippen LogP contribution >= 0.6 is 0 Å². The summed E-state index contributed by atoms with van der Waals surface area (Å²) in [5.41, 5.74) is 17.1. The van der Waals surface area contributed by atoms with Crippen LogP contribution in [-0.4, -0.2) is 4.57 Å². The van der Waals surface area contributed by atoms with Gasteiger partial charge in [-0.25, -0.2) is 0 Å². The van der Waals surface area contributed by atoms with Crippen molar-refractivity contribution in [2.24, 2.45) is 0 Å². The number of hydrogen-bond donors (Lipinski definition) is 0. The third-order valence-electron chi connectivity index (χ3n) is 12.2. The molecule has 0 saturated heterocycles. The van der Waals surface area contributed by atoms with Gasteiger partial charge in [0.25, 0.3) is 0 Å². The van der Waals surface area contributed by atoms with Crippen molar-refractivity contribution >= 4 is 49.6 Å². The molecule has 2 nitrogen and oxygen atoms in total. The Morgan fingerprint density at radius 1 is 0.345 bits per heavy atom. The molecule has 12 rings (SSSR count). The zero-order chi connectivity index (χ0) is 36.1. The molecule has 55 heavy (non-hydrogen) atoms. The number of para-hydroxylation sites is 3. The van der Waals surface area contributed by atoms with E-state index >= 15 is 0 Å². The summed E-state index contributed by atoms with van der Waals surface area (Å²) < 4.78 is 2.39. The molecule has 0 N–H and O–H groups in total. The highest BCUT2D eigenvalue weighted by Gasteiger charge is 2.52. The Morgan fingerprint density at radius 2 is 0.909 bits per heavy atom. The van der Waals surface area contributed by atoms with Gasteiger partial charge in [-0.15, -0.1) is 0 Å². The van der Waals surface area contributed by atoms with Crippen molar-refractivity contribution in [3.05, 3.63) is 229 Å². The standard InChI is InChI=1S/C53H34N2/c1-3-16-36(17-4-1)54(38-29-32-51-46(33-38)44-23-11-14-26-50(44)55(51)37-18-5-2-6-19-37)39-28-31-43-45-30-27-35-15-7-8-20-40(35)52(45)53(49(43)34-39)47-24-12-9-21-41(47)42-22-10-13-25-48(42)53/h1-34H. The minimum Gasteiger partial charge on any atom is -0.310 e. The van der Waals surface area contributed by atoms with Crippen molar-refractivity contribution in [3.63, 3.8) is 0 Å². The molecule has 0 unspecified atom stereocenters. The van der Waals surface area contributed by atoms with Gasteiger partial charge in [0.15, 0.2) is 0 Å². The predicted molar refractivity (Wildman–Crippen MR) is 229 cm³/mol. The van der Waals surface area contributed by atoms with E-state index in [0.29, 0.717) is 0 Å². The predicted octanol–water partition coefficient (Wildman–Crippen LogP) is 13.8. The molecular weight excluding hydrogens is 665 g/mol. The summed E-state index contributed by atoms with van der Waals surface area (Å²) in [4.78, 5) is 2.44. The van der Waals surface area contributed by atoms with Gasteiger partial charge in [-0.05, 0) is 116 Å². The number of anilines is 3. The summed E-state index contributed by atoms with van der Waals surface area (Å²) in [5.74, 6) is 0. The molecule has 0 bridgehead atoms. The smallest absolute Gasteiger partial charge is 0.0732 e. The molecular formula is C53H34N2. The first-order valence-electron chi connectivity index (χ1n) is 19.1. The van der Waals surface area contributed by atoms with Crippen molar-refractivity contribution < 1.29 is 0 Å². The third-order valence-corrected chi connectivity index (χ3v) is 12.2. The van der Waals surface area contributed by atoms with Gasteiger partial charge in [-0.1, -0.05) is 146 Å². The topological polar surface area (TPSA) is 8.17 Å². The van der Waals surface area contributed by atoms with Crippen molar-refractivity contribution in [3.8, 4) is 27.9 Å². The van der Waals surface area contributed by atoms with Crippen molar-refractivity contribution in [1.29, 1.82) is 0 Å². The second kappa shape index (κ2) is 11.4. The van der Waals surface area contributed by atoms with E-state index in [9.17, 15) is 0 Å². The molecule has 10 aromatic rings. The molecule has 0 radical (unpaired) electrons. The van der Waals surface area contributed by atoms with Crippen molar-refractivity contribution in [2.75, 3.05) is 4.90 Å². The fourth-order valence-electron chi connectivity index (χ4n) is 10.0. The zero-order valence-electron chi connectivity index (χ0n) is 30.0. The highest BCUT2D eigenvalue weighted by molar-refractivity contribution is 6.11. The summed E-state index contributed by atoms with van der Waals surface area (Å²) in [6, 6.07) is 76.2. The van der Waals surface area contributed by atoms with Crippen molar-refractivity contribution in [1.82, 2.24) is 4.57 Å². The van der Waals surface area contributed by atoms with Crippen LogP contribution in [-0.2, 0) is 5.41 Å². The van der Waals surface area contributed by atoms with Crippen LogP contribution in [0.5, 0.6) is 0 Å². The maximum absolute atomic E-state index is 2.49. The first-order chi connectivity index (χ1) is 27.3. The molecule has 0 saturated carbocycles. The summed E-state index contributed by atoms with van der Waals surface area (Å²) in [6.07, 6.45) is 0. The van der Waals surface area contributed by atoms with Gasteiger partial charge in [-0.2, -0.15) is 0 Å². The summed E-state index contributed by atoms with van der Waals surface area (Å²) in [6.45, 7) is 0. The fourth-order valence-corrected chi connectivity index (χ4v) is 10.0. The number of hydrogen-bond acceptors (Lipinski definition) is 1. The zero-order valence-corrected chi connectivity index (χ0v) is 30.0. The van der Waals surface area contributed by atoms with Gasteiger partial charge in [0.1, 0.15) is 0 Å². The van der Waals surface area contributed by atoms with Crippen molar-refractivity contribution in [2.45, 2.75) is 5.41 Å². The molecule has 2 heteroatoms. The van der Waals surface area contributed by atoms with E-state index in [-0.39, 0.29) is 0 Å². The van der Waals surface area contributed by atoms with E-state index in [4.69, 9.17) is 0 Å². The van der Waals surface area contributed by atoms with E-state index in [1.165, 1.54) is 77.1 Å². The molecule has 1 heterocycles. The second-order valence-corrected chi connectivity index (χ2v) is 14.8. The van der Waals surface area contributed by atoms with Crippen LogP contribution in [0.2, 0.25) is 0 Å². The Hall–Kier alpha value is -7.16. The van der Waals surface area contributed by atoms with Crippen LogP contribution in [0.1, 0.15) is 22.3 Å². The molecule has 0 fully saturated rings. The number of nitrogens with zero attached hydrogens (tertiary/aromatic N) is 2. The number of rotatable bonds is 4. The first-order valence-corrected chi connectivity index (χ1v) is 19.1.